The average molecular weight is 427 g/mol. The molecule has 31 heavy (non-hydrogen) atoms. The van der Waals surface area contributed by atoms with Crippen molar-refractivity contribution in [2.24, 2.45) is 5.41 Å². The summed E-state index contributed by atoms with van der Waals surface area (Å²) in [4.78, 5) is 27.9. The van der Waals surface area contributed by atoms with E-state index in [1.165, 1.54) is 0 Å². The first-order valence-electron chi connectivity index (χ1n) is 10.3. The molecule has 2 aromatic carbocycles. The van der Waals surface area contributed by atoms with Crippen LogP contribution in [0.5, 0.6) is 17.2 Å². The SMILES string of the molecule is COc1cccc(CNC(=O)C2(C)CCCN(C(=O)c3cc(OC)cc(OC)c3)C2)c1. The van der Waals surface area contributed by atoms with E-state index in [0.29, 0.717) is 36.7 Å². The Morgan fingerprint density at radius 3 is 2.32 bits per heavy atom. The molecule has 2 aromatic rings. The molecule has 0 saturated carbocycles. The van der Waals surface area contributed by atoms with Crippen molar-refractivity contribution < 1.29 is 23.8 Å². The number of nitrogens with one attached hydrogen (secondary N) is 1. The maximum absolute atomic E-state index is 13.2. The summed E-state index contributed by atoms with van der Waals surface area (Å²) in [6.07, 6.45) is 1.48. The number of rotatable bonds is 7. The molecule has 0 aliphatic carbocycles. The third kappa shape index (κ3) is 5.29. The lowest BCUT2D eigenvalue weighted by atomic mass is 9.80. The molecular formula is C24H30N2O5. The third-order valence-corrected chi connectivity index (χ3v) is 5.72. The molecule has 0 spiro atoms. The maximum Gasteiger partial charge on any atom is 0.254 e. The van der Waals surface area contributed by atoms with Gasteiger partial charge in [-0.3, -0.25) is 9.59 Å². The van der Waals surface area contributed by atoms with Crippen LogP contribution < -0.4 is 19.5 Å². The molecular weight excluding hydrogens is 396 g/mol. The summed E-state index contributed by atoms with van der Waals surface area (Å²) in [6, 6.07) is 12.7. The van der Waals surface area contributed by atoms with Gasteiger partial charge in [0.25, 0.3) is 5.91 Å². The molecule has 1 atom stereocenters. The first-order valence-corrected chi connectivity index (χ1v) is 10.3. The summed E-state index contributed by atoms with van der Waals surface area (Å²) in [5.74, 6) is 1.66. The number of amides is 2. The van der Waals surface area contributed by atoms with Crippen molar-refractivity contribution in [1.29, 1.82) is 0 Å². The molecule has 1 unspecified atom stereocenters. The molecule has 0 aromatic heterocycles. The first kappa shape index (κ1) is 22.5. The van der Waals surface area contributed by atoms with Crippen molar-refractivity contribution in [3.05, 3.63) is 53.6 Å². The standard InChI is InChI=1S/C24H30N2O5/c1-24(23(28)25-15-17-7-5-8-19(11-17)29-2)9-6-10-26(16-24)22(27)18-12-20(30-3)14-21(13-18)31-4/h5,7-8,11-14H,6,9-10,15-16H2,1-4H3,(H,25,28). The summed E-state index contributed by atoms with van der Waals surface area (Å²) in [5.41, 5.74) is 0.788. The molecule has 2 amide bonds. The van der Waals surface area contributed by atoms with Gasteiger partial charge in [0.05, 0.1) is 26.7 Å². The van der Waals surface area contributed by atoms with E-state index in [9.17, 15) is 9.59 Å². The van der Waals surface area contributed by atoms with E-state index >= 15 is 0 Å². The number of hydrogen-bond donors (Lipinski definition) is 1. The Balaban J connectivity index is 1.69. The smallest absolute Gasteiger partial charge is 0.254 e. The minimum atomic E-state index is -0.657. The molecule has 7 heteroatoms. The van der Waals surface area contributed by atoms with Crippen molar-refractivity contribution in [2.75, 3.05) is 34.4 Å². The summed E-state index contributed by atoms with van der Waals surface area (Å²) in [6.45, 7) is 3.29. The Hall–Kier alpha value is -3.22. The molecule has 1 saturated heterocycles. The highest BCUT2D eigenvalue weighted by atomic mass is 16.5. The molecule has 1 fully saturated rings. The fourth-order valence-electron chi connectivity index (χ4n) is 3.89. The third-order valence-electron chi connectivity index (χ3n) is 5.72. The van der Waals surface area contributed by atoms with Crippen LogP contribution in [-0.4, -0.2) is 51.1 Å². The van der Waals surface area contributed by atoms with Gasteiger partial charge in [0.2, 0.25) is 5.91 Å². The van der Waals surface area contributed by atoms with E-state index in [-0.39, 0.29) is 11.8 Å². The van der Waals surface area contributed by atoms with Gasteiger partial charge in [-0.2, -0.15) is 0 Å². The second-order valence-electron chi connectivity index (χ2n) is 8.03. The van der Waals surface area contributed by atoms with Crippen LogP contribution in [-0.2, 0) is 11.3 Å². The number of benzene rings is 2. The Bertz CT molecular complexity index is 923. The van der Waals surface area contributed by atoms with Gasteiger partial charge >= 0.3 is 0 Å². The minimum Gasteiger partial charge on any atom is -0.497 e. The van der Waals surface area contributed by atoms with E-state index in [2.05, 4.69) is 5.32 Å². The van der Waals surface area contributed by atoms with E-state index in [0.717, 1.165) is 24.2 Å². The number of hydrogen-bond acceptors (Lipinski definition) is 5. The monoisotopic (exact) mass is 426 g/mol. The predicted molar refractivity (Wildman–Crippen MR) is 118 cm³/mol. The van der Waals surface area contributed by atoms with Gasteiger partial charge in [-0.25, -0.2) is 0 Å². The quantitative estimate of drug-likeness (QED) is 0.735. The topological polar surface area (TPSA) is 77.1 Å². The molecule has 1 heterocycles. The highest BCUT2D eigenvalue weighted by molar-refractivity contribution is 5.96. The van der Waals surface area contributed by atoms with Crippen LogP contribution in [0, 0.1) is 5.41 Å². The summed E-state index contributed by atoms with van der Waals surface area (Å²) >= 11 is 0. The molecule has 7 nitrogen and oxygen atoms in total. The van der Waals surface area contributed by atoms with Crippen molar-refractivity contribution in [3.8, 4) is 17.2 Å². The zero-order valence-corrected chi connectivity index (χ0v) is 18.6. The molecule has 1 aliphatic rings. The van der Waals surface area contributed by atoms with E-state index < -0.39 is 5.41 Å². The van der Waals surface area contributed by atoms with Gasteiger partial charge < -0.3 is 24.4 Å². The number of piperidine rings is 1. The zero-order valence-electron chi connectivity index (χ0n) is 18.6. The second kappa shape index (κ2) is 9.73. The van der Waals surface area contributed by atoms with Crippen LogP contribution in [0.25, 0.3) is 0 Å². The van der Waals surface area contributed by atoms with Crippen LogP contribution in [0.2, 0.25) is 0 Å². The van der Waals surface area contributed by atoms with Crippen LogP contribution in [0.3, 0.4) is 0 Å². The molecule has 166 valence electrons. The predicted octanol–water partition coefficient (Wildman–Crippen LogP) is 3.27. The Kier molecular flexibility index (Phi) is 7.05. The summed E-state index contributed by atoms with van der Waals surface area (Å²) < 4.78 is 15.8. The number of carbonyl (C=O) groups is 2. The Morgan fingerprint density at radius 1 is 1.00 bits per heavy atom. The van der Waals surface area contributed by atoms with Gasteiger partial charge in [-0.1, -0.05) is 12.1 Å². The van der Waals surface area contributed by atoms with Gasteiger partial charge in [-0.15, -0.1) is 0 Å². The van der Waals surface area contributed by atoms with Crippen LogP contribution >= 0.6 is 0 Å². The summed E-state index contributed by atoms with van der Waals surface area (Å²) in [7, 11) is 4.71. The van der Waals surface area contributed by atoms with E-state index in [4.69, 9.17) is 14.2 Å². The number of methoxy groups -OCH3 is 3. The Labute approximate surface area is 183 Å². The number of carbonyl (C=O) groups excluding carboxylic acids is 2. The highest BCUT2D eigenvalue weighted by Crippen LogP contribution is 2.32. The zero-order chi connectivity index (χ0) is 22.4. The van der Waals surface area contributed by atoms with Crippen LogP contribution in [0.15, 0.2) is 42.5 Å². The molecule has 1 N–H and O–H groups in total. The lowest BCUT2D eigenvalue weighted by Gasteiger charge is -2.39. The van der Waals surface area contributed by atoms with Crippen LogP contribution in [0.1, 0.15) is 35.7 Å². The van der Waals surface area contributed by atoms with E-state index in [1.807, 2.05) is 31.2 Å². The number of likely N-dealkylation sites (tertiary alicyclic amines) is 1. The number of ether oxygens (including phenoxy) is 3. The minimum absolute atomic E-state index is 0.0592. The largest absolute Gasteiger partial charge is 0.497 e. The Morgan fingerprint density at radius 2 is 1.68 bits per heavy atom. The first-order chi connectivity index (χ1) is 14.9. The van der Waals surface area contributed by atoms with Crippen molar-refractivity contribution in [2.45, 2.75) is 26.3 Å². The molecule has 0 radical (unpaired) electrons. The summed E-state index contributed by atoms with van der Waals surface area (Å²) in [5, 5.41) is 3.02. The maximum atomic E-state index is 13.2. The lowest BCUT2D eigenvalue weighted by molar-refractivity contribution is -0.132. The van der Waals surface area contributed by atoms with Gasteiger partial charge in [0, 0.05) is 31.3 Å². The van der Waals surface area contributed by atoms with Crippen LogP contribution in [0.4, 0.5) is 0 Å². The van der Waals surface area contributed by atoms with Crippen molar-refractivity contribution >= 4 is 11.8 Å². The lowest BCUT2D eigenvalue weighted by Crippen LogP contribution is -2.51. The normalized spacial score (nSPS) is 18.3. The van der Waals surface area contributed by atoms with Crippen molar-refractivity contribution in [3.63, 3.8) is 0 Å². The fraction of sp³-hybridized carbons (Fsp3) is 0.417. The second-order valence-corrected chi connectivity index (χ2v) is 8.03. The average Bonchev–Trinajstić information content (AvgIpc) is 2.81. The molecule has 0 bridgehead atoms. The van der Waals surface area contributed by atoms with Gasteiger partial charge in [0.15, 0.2) is 0 Å². The number of nitrogens with zero attached hydrogens (tertiary/aromatic N) is 1. The fourth-order valence-corrected chi connectivity index (χ4v) is 3.89. The van der Waals surface area contributed by atoms with Gasteiger partial charge in [0.1, 0.15) is 17.2 Å². The van der Waals surface area contributed by atoms with Gasteiger partial charge in [-0.05, 0) is 49.6 Å². The van der Waals surface area contributed by atoms with Crippen molar-refractivity contribution in [1.82, 2.24) is 10.2 Å². The van der Waals surface area contributed by atoms with E-state index in [1.54, 1.807) is 44.4 Å². The highest BCUT2D eigenvalue weighted by Gasteiger charge is 2.39. The molecule has 1 aliphatic heterocycles. The molecule has 3 rings (SSSR count).